The van der Waals surface area contributed by atoms with E-state index in [1.165, 1.54) is 29.0 Å². The highest BCUT2D eigenvalue weighted by Crippen LogP contribution is 2.34. The molecular formula is C17H13FO2S. The van der Waals surface area contributed by atoms with E-state index in [4.69, 9.17) is 4.74 Å². The number of rotatable bonds is 2. The second-order valence-corrected chi connectivity index (χ2v) is 6.37. The van der Waals surface area contributed by atoms with Gasteiger partial charge in [-0.15, -0.1) is 11.3 Å². The number of thiophene rings is 1. The Hall–Kier alpha value is -1.75. The van der Waals surface area contributed by atoms with Crippen molar-refractivity contribution in [2.24, 2.45) is 0 Å². The number of halogens is 1. The molecule has 1 N–H and O–H groups in total. The SMILES string of the molecule is OC(c1ccc2c(c1)COC2)c1cc2ccc(F)cc2s1. The molecule has 0 aliphatic carbocycles. The first-order chi connectivity index (χ1) is 10.2. The topological polar surface area (TPSA) is 29.5 Å². The van der Waals surface area contributed by atoms with Gasteiger partial charge in [0.15, 0.2) is 0 Å². The van der Waals surface area contributed by atoms with Crippen LogP contribution in [0.25, 0.3) is 10.1 Å². The van der Waals surface area contributed by atoms with Crippen molar-refractivity contribution in [2.75, 3.05) is 0 Å². The fourth-order valence-corrected chi connectivity index (χ4v) is 3.79. The lowest BCUT2D eigenvalue weighted by Crippen LogP contribution is -1.98. The fraction of sp³-hybridized carbons (Fsp3) is 0.176. The molecule has 4 rings (SSSR count). The average Bonchev–Trinajstić information content (AvgIpc) is 3.11. The molecule has 0 spiro atoms. The minimum Gasteiger partial charge on any atom is -0.383 e. The molecule has 0 saturated carbocycles. The summed E-state index contributed by atoms with van der Waals surface area (Å²) in [5, 5.41) is 11.5. The molecule has 1 aromatic heterocycles. The van der Waals surface area contributed by atoms with Crippen LogP contribution in [0.15, 0.2) is 42.5 Å². The number of hydrogen-bond donors (Lipinski definition) is 1. The number of ether oxygens (including phenoxy) is 1. The van der Waals surface area contributed by atoms with Crippen molar-refractivity contribution >= 4 is 21.4 Å². The molecule has 2 aromatic carbocycles. The number of fused-ring (bicyclic) bond motifs is 2. The van der Waals surface area contributed by atoms with E-state index in [0.717, 1.165) is 26.1 Å². The van der Waals surface area contributed by atoms with Gasteiger partial charge in [0.1, 0.15) is 11.9 Å². The summed E-state index contributed by atoms with van der Waals surface area (Å²) in [6.45, 7) is 1.25. The molecule has 0 saturated heterocycles. The van der Waals surface area contributed by atoms with Crippen molar-refractivity contribution in [3.05, 3.63) is 69.8 Å². The number of hydrogen-bond acceptors (Lipinski definition) is 3. The van der Waals surface area contributed by atoms with E-state index >= 15 is 0 Å². The Morgan fingerprint density at radius 2 is 1.90 bits per heavy atom. The van der Waals surface area contributed by atoms with Crippen molar-refractivity contribution < 1.29 is 14.2 Å². The first kappa shape index (κ1) is 13.0. The third kappa shape index (κ3) is 2.25. The summed E-state index contributed by atoms with van der Waals surface area (Å²) in [5.74, 6) is -0.250. The molecule has 2 heterocycles. The summed E-state index contributed by atoms with van der Waals surface area (Å²) in [7, 11) is 0. The van der Waals surface area contributed by atoms with Gasteiger partial charge in [-0.05, 0) is 40.3 Å². The highest BCUT2D eigenvalue weighted by molar-refractivity contribution is 7.19. The molecule has 1 atom stereocenters. The van der Waals surface area contributed by atoms with Gasteiger partial charge in [0, 0.05) is 9.58 Å². The van der Waals surface area contributed by atoms with Crippen LogP contribution in [-0.2, 0) is 18.0 Å². The molecule has 3 aromatic rings. The van der Waals surface area contributed by atoms with Crippen molar-refractivity contribution in [2.45, 2.75) is 19.3 Å². The molecule has 0 amide bonds. The predicted octanol–water partition coefficient (Wildman–Crippen LogP) is 4.15. The summed E-state index contributed by atoms with van der Waals surface area (Å²) in [5.41, 5.74) is 3.18. The number of benzene rings is 2. The molecule has 106 valence electrons. The highest BCUT2D eigenvalue weighted by atomic mass is 32.1. The van der Waals surface area contributed by atoms with Gasteiger partial charge < -0.3 is 9.84 Å². The Bertz CT molecular complexity index is 825. The zero-order valence-corrected chi connectivity index (χ0v) is 12.0. The number of aliphatic hydroxyl groups excluding tert-OH is 1. The third-order valence-electron chi connectivity index (χ3n) is 3.83. The molecule has 1 aliphatic heterocycles. The van der Waals surface area contributed by atoms with Gasteiger partial charge >= 0.3 is 0 Å². The van der Waals surface area contributed by atoms with E-state index in [0.29, 0.717) is 13.2 Å². The van der Waals surface area contributed by atoms with Crippen molar-refractivity contribution in [1.82, 2.24) is 0 Å². The average molecular weight is 300 g/mol. The first-order valence-electron chi connectivity index (χ1n) is 6.77. The molecule has 21 heavy (non-hydrogen) atoms. The molecular weight excluding hydrogens is 287 g/mol. The van der Waals surface area contributed by atoms with Gasteiger partial charge in [-0.1, -0.05) is 24.3 Å². The molecule has 4 heteroatoms. The van der Waals surface area contributed by atoms with Gasteiger partial charge in [0.05, 0.1) is 13.2 Å². The van der Waals surface area contributed by atoms with E-state index in [1.807, 2.05) is 24.3 Å². The van der Waals surface area contributed by atoms with Gasteiger partial charge in [-0.25, -0.2) is 4.39 Å². The maximum atomic E-state index is 13.3. The minimum absolute atomic E-state index is 0.250. The second kappa shape index (κ2) is 4.91. The Kier molecular flexibility index (Phi) is 3.03. The van der Waals surface area contributed by atoms with Crippen LogP contribution in [0.3, 0.4) is 0 Å². The summed E-state index contributed by atoms with van der Waals surface area (Å²) in [6.07, 6.45) is -0.684. The van der Waals surface area contributed by atoms with Crippen LogP contribution in [0.2, 0.25) is 0 Å². The summed E-state index contributed by atoms with van der Waals surface area (Å²) in [6, 6.07) is 12.6. The zero-order chi connectivity index (χ0) is 14.4. The fourth-order valence-electron chi connectivity index (χ4n) is 2.69. The van der Waals surface area contributed by atoms with Crippen molar-refractivity contribution in [1.29, 1.82) is 0 Å². The monoisotopic (exact) mass is 300 g/mol. The number of aliphatic hydroxyl groups is 1. The standard InChI is InChI=1S/C17H13FO2S/c18-14-4-3-10-6-16(21-15(10)7-14)17(19)11-1-2-12-8-20-9-13(12)5-11/h1-7,17,19H,8-9H2. The minimum atomic E-state index is -0.684. The quantitative estimate of drug-likeness (QED) is 0.770. The van der Waals surface area contributed by atoms with Crippen LogP contribution < -0.4 is 0 Å². The smallest absolute Gasteiger partial charge is 0.124 e. The zero-order valence-electron chi connectivity index (χ0n) is 11.2. The lowest BCUT2D eigenvalue weighted by atomic mass is 10.0. The molecule has 2 nitrogen and oxygen atoms in total. The first-order valence-corrected chi connectivity index (χ1v) is 7.59. The van der Waals surface area contributed by atoms with Crippen LogP contribution in [0.5, 0.6) is 0 Å². The van der Waals surface area contributed by atoms with Crippen LogP contribution in [0.4, 0.5) is 4.39 Å². The van der Waals surface area contributed by atoms with Gasteiger partial charge in [-0.2, -0.15) is 0 Å². The highest BCUT2D eigenvalue weighted by Gasteiger charge is 2.18. The summed E-state index contributed by atoms with van der Waals surface area (Å²) >= 11 is 1.43. The van der Waals surface area contributed by atoms with Crippen LogP contribution in [-0.4, -0.2) is 5.11 Å². The third-order valence-corrected chi connectivity index (χ3v) is 4.98. The Balaban J connectivity index is 1.73. The maximum Gasteiger partial charge on any atom is 0.124 e. The molecule has 1 unspecified atom stereocenters. The van der Waals surface area contributed by atoms with E-state index in [1.54, 1.807) is 6.07 Å². The van der Waals surface area contributed by atoms with Crippen LogP contribution >= 0.6 is 11.3 Å². The molecule has 0 radical (unpaired) electrons. The maximum absolute atomic E-state index is 13.3. The Morgan fingerprint density at radius 1 is 1.05 bits per heavy atom. The second-order valence-electron chi connectivity index (χ2n) is 5.25. The molecule has 0 bridgehead atoms. The van der Waals surface area contributed by atoms with E-state index in [9.17, 15) is 9.50 Å². The Labute approximate surface area is 125 Å². The van der Waals surface area contributed by atoms with Gasteiger partial charge in [0.2, 0.25) is 0 Å². The van der Waals surface area contributed by atoms with E-state index in [-0.39, 0.29) is 5.82 Å². The predicted molar refractivity (Wildman–Crippen MR) is 80.8 cm³/mol. The van der Waals surface area contributed by atoms with E-state index < -0.39 is 6.10 Å². The summed E-state index contributed by atoms with van der Waals surface area (Å²) < 4.78 is 19.5. The molecule has 1 aliphatic rings. The van der Waals surface area contributed by atoms with Gasteiger partial charge in [0.25, 0.3) is 0 Å². The molecule has 0 fully saturated rings. The normalized spacial score (nSPS) is 15.3. The largest absolute Gasteiger partial charge is 0.383 e. The lowest BCUT2D eigenvalue weighted by Gasteiger charge is -2.10. The van der Waals surface area contributed by atoms with Crippen LogP contribution in [0.1, 0.15) is 27.7 Å². The Morgan fingerprint density at radius 3 is 2.81 bits per heavy atom. The van der Waals surface area contributed by atoms with Crippen molar-refractivity contribution in [3.8, 4) is 0 Å². The lowest BCUT2D eigenvalue weighted by molar-refractivity contribution is 0.134. The summed E-state index contributed by atoms with van der Waals surface area (Å²) in [4.78, 5) is 0.828. The van der Waals surface area contributed by atoms with Crippen molar-refractivity contribution in [3.63, 3.8) is 0 Å². The van der Waals surface area contributed by atoms with Gasteiger partial charge in [-0.3, -0.25) is 0 Å². The van der Waals surface area contributed by atoms with E-state index in [2.05, 4.69) is 0 Å². The van der Waals surface area contributed by atoms with Crippen LogP contribution in [0, 0.1) is 5.82 Å².